The summed E-state index contributed by atoms with van der Waals surface area (Å²) in [5, 5.41) is 25.9. The van der Waals surface area contributed by atoms with Gasteiger partial charge in [0.2, 0.25) is 0 Å². The molecule has 1 atom stereocenters. The fourth-order valence-corrected chi connectivity index (χ4v) is 5.53. The highest BCUT2D eigenvalue weighted by Crippen LogP contribution is 2.34. The largest absolute Gasteiger partial charge is 0.357 e. The van der Waals surface area contributed by atoms with E-state index in [1.54, 1.807) is 10.7 Å². The summed E-state index contributed by atoms with van der Waals surface area (Å²) >= 11 is 0. The van der Waals surface area contributed by atoms with Gasteiger partial charge in [0.15, 0.2) is 5.82 Å². The van der Waals surface area contributed by atoms with E-state index in [0.717, 1.165) is 36.0 Å². The van der Waals surface area contributed by atoms with Crippen LogP contribution in [0.25, 0.3) is 10.9 Å². The highest BCUT2D eigenvalue weighted by atomic mass is 16.6. The number of aromatic nitrogens is 2. The summed E-state index contributed by atoms with van der Waals surface area (Å²) < 4.78 is 1.67. The van der Waals surface area contributed by atoms with E-state index < -0.39 is 15.9 Å². The topological polar surface area (TPSA) is 131 Å². The van der Waals surface area contributed by atoms with Gasteiger partial charge in [-0.25, -0.2) is 9.66 Å². The van der Waals surface area contributed by atoms with Gasteiger partial charge in [0, 0.05) is 43.5 Å². The van der Waals surface area contributed by atoms with Crippen molar-refractivity contribution in [1.29, 1.82) is 0 Å². The molecule has 0 spiro atoms. The van der Waals surface area contributed by atoms with Gasteiger partial charge in [-0.1, -0.05) is 29.8 Å². The summed E-state index contributed by atoms with van der Waals surface area (Å²) in [6, 6.07) is 16.4. The van der Waals surface area contributed by atoms with Gasteiger partial charge < -0.3 is 14.8 Å². The van der Waals surface area contributed by atoms with Gasteiger partial charge in [-0.2, -0.15) is 0 Å². The first-order valence-electron chi connectivity index (χ1n) is 13.8. The van der Waals surface area contributed by atoms with Crippen LogP contribution in [0.15, 0.2) is 65.5 Å². The van der Waals surface area contributed by atoms with Crippen molar-refractivity contribution in [3.63, 3.8) is 0 Å². The van der Waals surface area contributed by atoms with E-state index in [-0.39, 0.29) is 23.5 Å². The number of hydrogen-bond donors (Lipinski definition) is 0. The van der Waals surface area contributed by atoms with Crippen LogP contribution >= 0.6 is 0 Å². The van der Waals surface area contributed by atoms with Crippen LogP contribution in [-0.2, 0) is 6.54 Å². The number of aryl methyl sites for hydroxylation is 2. The normalized spacial score (nSPS) is 14.6. The van der Waals surface area contributed by atoms with Crippen LogP contribution in [0.3, 0.4) is 0 Å². The molecule has 0 bridgehead atoms. The van der Waals surface area contributed by atoms with Crippen molar-refractivity contribution < 1.29 is 9.85 Å². The Morgan fingerprint density at radius 1 is 0.952 bits per heavy atom. The number of piperazine rings is 1. The second-order valence-electron chi connectivity index (χ2n) is 10.8. The fourth-order valence-electron chi connectivity index (χ4n) is 5.53. The van der Waals surface area contributed by atoms with E-state index in [4.69, 9.17) is 4.98 Å². The van der Waals surface area contributed by atoms with Crippen molar-refractivity contribution in [3.05, 3.63) is 114 Å². The first kappa shape index (κ1) is 28.7. The van der Waals surface area contributed by atoms with Crippen molar-refractivity contribution in [3.8, 4) is 0 Å². The van der Waals surface area contributed by atoms with Crippen molar-refractivity contribution in [2.75, 3.05) is 43.1 Å². The van der Waals surface area contributed by atoms with E-state index in [2.05, 4.69) is 4.90 Å². The Bertz CT molecular complexity index is 1730. The minimum absolute atomic E-state index is 0.0603. The van der Waals surface area contributed by atoms with E-state index in [9.17, 15) is 25.0 Å². The standard InChI is InChI=1S/C30H33N7O5/c1-20-9-12-27(21(2)17-20)34(19-23-10-11-24(36(39)40)18-28(23)37(41)42)22(3)29-31-26-8-6-5-7-25(26)30(38)35(29)33-15-13-32(4)14-16-33/h5-12,17-18,22H,13-16,19H2,1-4H3/t22-/m0/s1. The molecule has 1 fully saturated rings. The summed E-state index contributed by atoms with van der Waals surface area (Å²) in [6.07, 6.45) is 0. The van der Waals surface area contributed by atoms with Crippen LogP contribution in [0.2, 0.25) is 0 Å². The Morgan fingerprint density at radius 3 is 2.33 bits per heavy atom. The zero-order valence-electron chi connectivity index (χ0n) is 24.1. The number of hydrogen-bond acceptors (Lipinski definition) is 9. The molecule has 1 aliphatic heterocycles. The number of non-ortho nitro benzene ring substituents is 1. The molecule has 0 N–H and O–H groups in total. The highest BCUT2D eigenvalue weighted by Gasteiger charge is 2.30. The lowest BCUT2D eigenvalue weighted by Crippen LogP contribution is -2.55. The Balaban J connectivity index is 1.70. The van der Waals surface area contributed by atoms with Crippen molar-refractivity contribution in [1.82, 2.24) is 14.6 Å². The number of para-hydroxylation sites is 1. The number of nitro benzene ring substituents is 2. The Morgan fingerprint density at radius 2 is 1.67 bits per heavy atom. The minimum atomic E-state index is -0.644. The summed E-state index contributed by atoms with van der Waals surface area (Å²) in [5.41, 5.74) is 2.83. The third kappa shape index (κ3) is 5.53. The quantitative estimate of drug-likeness (QED) is 0.222. The third-order valence-corrected chi connectivity index (χ3v) is 7.86. The molecule has 3 aromatic carbocycles. The molecule has 0 unspecified atom stereocenters. The molecule has 12 nitrogen and oxygen atoms in total. The molecular weight excluding hydrogens is 538 g/mol. The molecule has 0 radical (unpaired) electrons. The van der Waals surface area contributed by atoms with Crippen molar-refractivity contribution in [2.24, 2.45) is 0 Å². The molecule has 0 amide bonds. The lowest BCUT2D eigenvalue weighted by Gasteiger charge is -2.39. The Labute approximate surface area is 242 Å². The predicted octanol–water partition coefficient (Wildman–Crippen LogP) is 4.48. The second-order valence-corrected chi connectivity index (χ2v) is 10.8. The van der Waals surface area contributed by atoms with E-state index in [1.807, 2.05) is 74.1 Å². The molecule has 42 heavy (non-hydrogen) atoms. The van der Waals surface area contributed by atoms with E-state index in [1.165, 1.54) is 12.1 Å². The van der Waals surface area contributed by atoms with E-state index >= 15 is 0 Å². The number of rotatable bonds is 8. The fraction of sp³-hybridized carbons (Fsp3) is 0.333. The van der Waals surface area contributed by atoms with Gasteiger partial charge in [0.25, 0.3) is 16.9 Å². The molecule has 0 saturated carbocycles. The highest BCUT2D eigenvalue weighted by molar-refractivity contribution is 5.77. The average Bonchev–Trinajstić information content (AvgIpc) is 2.96. The molecule has 1 aliphatic rings. The molecule has 5 rings (SSSR count). The minimum Gasteiger partial charge on any atom is -0.357 e. The summed E-state index contributed by atoms with van der Waals surface area (Å²) in [4.78, 5) is 45.4. The number of anilines is 1. The summed E-state index contributed by atoms with van der Waals surface area (Å²) in [5.74, 6) is 0.507. The van der Waals surface area contributed by atoms with Crippen LogP contribution in [-0.4, -0.2) is 57.6 Å². The molecule has 1 aromatic heterocycles. The molecule has 1 saturated heterocycles. The zero-order valence-corrected chi connectivity index (χ0v) is 24.1. The van der Waals surface area contributed by atoms with Gasteiger partial charge in [-0.15, -0.1) is 0 Å². The number of nitrogens with zero attached hydrogens (tertiary/aromatic N) is 7. The van der Waals surface area contributed by atoms with Crippen LogP contribution in [0.4, 0.5) is 17.1 Å². The molecule has 12 heteroatoms. The van der Waals surface area contributed by atoms with E-state index in [0.29, 0.717) is 35.4 Å². The molecule has 218 valence electrons. The number of fused-ring (bicyclic) bond motifs is 1. The number of benzene rings is 3. The summed E-state index contributed by atoms with van der Waals surface area (Å²) in [6.45, 7) is 8.77. The monoisotopic (exact) mass is 571 g/mol. The number of nitro groups is 2. The second kappa shape index (κ2) is 11.6. The maximum Gasteiger partial charge on any atom is 0.281 e. The van der Waals surface area contributed by atoms with Gasteiger partial charge in [-0.05, 0) is 57.6 Å². The number of likely N-dealkylation sites (N-methyl/N-ethyl adjacent to an activating group) is 1. The third-order valence-electron chi connectivity index (χ3n) is 7.86. The first-order valence-corrected chi connectivity index (χ1v) is 13.8. The molecule has 0 aliphatic carbocycles. The van der Waals surface area contributed by atoms with Crippen molar-refractivity contribution >= 4 is 28.0 Å². The SMILES string of the molecule is Cc1ccc(N(Cc2ccc([N+](=O)[O-])cc2[N+](=O)[O-])[C@@H](C)c2nc3ccccc3c(=O)n2N2CCN(C)CC2)c(C)c1. The predicted molar refractivity (Wildman–Crippen MR) is 162 cm³/mol. The first-order chi connectivity index (χ1) is 20.0. The van der Waals surface area contributed by atoms with Crippen molar-refractivity contribution in [2.45, 2.75) is 33.4 Å². The lowest BCUT2D eigenvalue weighted by molar-refractivity contribution is -0.394. The van der Waals surface area contributed by atoms with Gasteiger partial charge in [0.05, 0.1) is 39.4 Å². The smallest absolute Gasteiger partial charge is 0.281 e. The van der Waals surface area contributed by atoms with Crippen LogP contribution < -0.4 is 15.5 Å². The van der Waals surface area contributed by atoms with Crippen LogP contribution in [0.1, 0.15) is 35.5 Å². The molecule has 4 aromatic rings. The Kier molecular flexibility index (Phi) is 7.90. The Hall–Kier alpha value is -4.84. The maximum absolute atomic E-state index is 14.0. The molecular formula is C30H33N7O5. The van der Waals surface area contributed by atoms with Gasteiger partial charge >= 0.3 is 0 Å². The summed E-state index contributed by atoms with van der Waals surface area (Å²) in [7, 11) is 2.04. The zero-order chi connectivity index (χ0) is 30.1. The lowest BCUT2D eigenvalue weighted by atomic mass is 10.0. The average molecular weight is 572 g/mol. The van der Waals surface area contributed by atoms with Crippen LogP contribution in [0, 0.1) is 34.1 Å². The van der Waals surface area contributed by atoms with Gasteiger partial charge in [0.1, 0.15) is 0 Å². The van der Waals surface area contributed by atoms with Gasteiger partial charge in [-0.3, -0.25) is 25.0 Å². The molecule has 2 heterocycles. The maximum atomic E-state index is 14.0. The van der Waals surface area contributed by atoms with Crippen LogP contribution in [0.5, 0.6) is 0 Å².